The predicted molar refractivity (Wildman–Crippen MR) is 141 cm³/mol. The molecule has 6 nitrogen and oxygen atoms in total. The van der Waals surface area contributed by atoms with Crippen molar-refractivity contribution < 1.29 is 9.53 Å². The van der Waals surface area contributed by atoms with Gasteiger partial charge in [0.2, 0.25) is 0 Å². The lowest BCUT2D eigenvalue weighted by molar-refractivity contribution is 0.0793. The number of nitrogens with one attached hydrogen (secondary N) is 1. The van der Waals surface area contributed by atoms with Gasteiger partial charge in [-0.15, -0.1) is 0 Å². The van der Waals surface area contributed by atoms with Gasteiger partial charge in [0.25, 0.3) is 5.91 Å². The van der Waals surface area contributed by atoms with Crippen molar-refractivity contribution in [1.29, 1.82) is 0 Å². The number of likely N-dealkylation sites (N-methyl/N-ethyl adjacent to an activating group) is 1. The first-order valence-corrected chi connectivity index (χ1v) is 13.0. The highest BCUT2D eigenvalue weighted by molar-refractivity contribution is 5.98. The summed E-state index contributed by atoms with van der Waals surface area (Å²) in [6, 6.07) is 14.7. The van der Waals surface area contributed by atoms with Crippen molar-refractivity contribution in [2.75, 3.05) is 33.3 Å². The summed E-state index contributed by atoms with van der Waals surface area (Å²) in [6.07, 6.45) is 7.25. The third kappa shape index (κ3) is 3.59. The van der Waals surface area contributed by atoms with Crippen molar-refractivity contribution in [2.45, 2.75) is 31.7 Å². The highest BCUT2D eigenvalue weighted by atomic mass is 16.5. The Morgan fingerprint density at radius 2 is 1.89 bits per heavy atom. The van der Waals surface area contributed by atoms with Gasteiger partial charge in [0.1, 0.15) is 11.4 Å². The number of pyridine rings is 1. The normalized spacial score (nSPS) is 19.4. The van der Waals surface area contributed by atoms with Crippen molar-refractivity contribution in [1.82, 2.24) is 19.8 Å². The van der Waals surface area contributed by atoms with Gasteiger partial charge in [0.15, 0.2) is 0 Å². The molecule has 0 radical (unpaired) electrons. The van der Waals surface area contributed by atoms with Crippen molar-refractivity contribution in [3.63, 3.8) is 0 Å². The Morgan fingerprint density at radius 1 is 1.06 bits per heavy atom. The van der Waals surface area contributed by atoms with E-state index < -0.39 is 0 Å². The Labute approximate surface area is 210 Å². The fraction of sp³-hybridized carbons (Fsp3) is 0.333. The topological polar surface area (TPSA) is 61.5 Å². The van der Waals surface area contributed by atoms with Crippen LogP contribution in [0.25, 0.3) is 33.3 Å². The molecule has 1 saturated heterocycles. The Kier molecular flexibility index (Phi) is 5.10. The molecular formula is C30H30N4O2. The van der Waals surface area contributed by atoms with Gasteiger partial charge < -0.3 is 19.5 Å². The number of amides is 1. The van der Waals surface area contributed by atoms with Crippen LogP contribution in [0.2, 0.25) is 0 Å². The predicted octanol–water partition coefficient (Wildman–Crippen LogP) is 5.44. The number of aromatic nitrogens is 2. The number of fused-ring (bicyclic) bond motifs is 1. The van der Waals surface area contributed by atoms with Crippen LogP contribution in [0.4, 0.5) is 0 Å². The molecule has 1 unspecified atom stereocenters. The first-order chi connectivity index (χ1) is 17.6. The molecule has 6 heteroatoms. The summed E-state index contributed by atoms with van der Waals surface area (Å²) in [4.78, 5) is 25.2. The second-order valence-corrected chi connectivity index (χ2v) is 10.5. The quantitative estimate of drug-likeness (QED) is 0.426. The average Bonchev–Trinajstić information content (AvgIpc) is 3.58. The summed E-state index contributed by atoms with van der Waals surface area (Å²) in [5, 5.41) is 1.08. The van der Waals surface area contributed by atoms with Crippen molar-refractivity contribution in [3.05, 3.63) is 71.5 Å². The number of hydrogen-bond acceptors (Lipinski definition) is 4. The summed E-state index contributed by atoms with van der Waals surface area (Å²) < 4.78 is 6.12. The van der Waals surface area contributed by atoms with Crippen LogP contribution in [-0.4, -0.2) is 59.0 Å². The van der Waals surface area contributed by atoms with E-state index in [2.05, 4.69) is 35.1 Å². The summed E-state index contributed by atoms with van der Waals surface area (Å²) in [5.74, 6) is 1.74. The number of aromatic amines is 1. The number of benzene rings is 2. The van der Waals surface area contributed by atoms with E-state index in [4.69, 9.17) is 9.72 Å². The molecule has 5 heterocycles. The lowest BCUT2D eigenvalue weighted by Crippen LogP contribution is -2.33. The molecule has 1 amide bonds. The maximum Gasteiger partial charge on any atom is 0.253 e. The number of nitrogens with zero attached hydrogens (tertiary/aromatic N) is 3. The van der Waals surface area contributed by atoms with E-state index in [-0.39, 0.29) is 5.91 Å². The summed E-state index contributed by atoms with van der Waals surface area (Å²) in [5.41, 5.74) is 8.79. The SMILES string of the molecule is CN1Cc2cc(-c3cnc4[nH]cc(-c5ccc(C(=O)N6CCCC6)cc5)c4c3)cc3c2C(CCO3)C1. The number of rotatable bonds is 3. The van der Waals surface area contributed by atoms with Gasteiger partial charge in [-0.1, -0.05) is 12.1 Å². The van der Waals surface area contributed by atoms with E-state index in [0.717, 1.165) is 96.6 Å². The van der Waals surface area contributed by atoms with Gasteiger partial charge >= 0.3 is 0 Å². The van der Waals surface area contributed by atoms with Crippen LogP contribution in [0.3, 0.4) is 0 Å². The minimum absolute atomic E-state index is 0.133. The van der Waals surface area contributed by atoms with Crippen LogP contribution in [0.15, 0.2) is 54.9 Å². The van der Waals surface area contributed by atoms with Crippen LogP contribution in [0.5, 0.6) is 5.75 Å². The minimum atomic E-state index is 0.133. The number of carbonyl (C=O) groups excluding carboxylic acids is 1. The van der Waals surface area contributed by atoms with Gasteiger partial charge in [0.05, 0.1) is 6.61 Å². The first-order valence-electron chi connectivity index (χ1n) is 13.0. The highest BCUT2D eigenvalue weighted by Crippen LogP contribution is 2.43. The Balaban J connectivity index is 1.25. The molecule has 0 saturated carbocycles. The maximum absolute atomic E-state index is 12.8. The Hall–Kier alpha value is -3.64. The zero-order valence-corrected chi connectivity index (χ0v) is 20.6. The lowest BCUT2D eigenvalue weighted by atomic mass is 9.84. The molecule has 0 bridgehead atoms. The number of hydrogen-bond donors (Lipinski definition) is 1. The van der Waals surface area contributed by atoms with Crippen LogP contribution in [0.1, 0.15) is 46.7 Å². The fourth-order valence-corrected chi connectivity index (χ4v) is 6.23. The van der Waals surface area contributed by atoms with Crippen LogP contribution < -0.4 is 4.74 Å². The molecule has 4 aromatic rings. The average molecular weight is 479 g/mol. The maximum atomic E-state index is 12.8. The zero-order chi connectivity index (χ0) is 24.2. The summed E-state index contributed by atoms with van der Waals surface area (Å²) >= 11 is 0. The van der Waals surface area contributed by atoms with E-state index in [1.807, 2.05) is 41.6 Å². The van der Waals surface area contributed by atoms with Gasteiger partial charge in [-0.3, -0.25) is 4.79 Å². The van der Waals surface area contributed by atoms with E-state index in [1.54, 1.807) is 0 Å². The largest absolute Gasteiger partial charge is 0.493 e. The molecule has 0 aliphatic carbocycles. The number of H-pyrrole nitrogens is 1. The van der Waals surface area contributed by atoms with E-state index >= 15 is 0 Å². The molecule has 182 valence electrons. The molecule has 36 heavy (non-hydrogen) atoms. The van der Waals surface area contributed by atoms with E-state index in [1.165, 1.54) is 11.1 Å². The smallest absolute Gasteiger partial charge is 0.253 e. The van der Waals surface area contributed by atoms with Crippen LogP contribution in [-0.2, 0) is 6.54 Å². The minimum Gasteiger partial charge on any atom is -0.493 e. The van der Waals surface area contributed by atoms with Crippen molar-refractivity contribution in [3.8, 4) is 28.0 Å². The number of ether oxygens (including phenoxy) is 1. The first kappa shape index (κ1) is 21.6. The third-order valence-electron chi connectivity index (χ3n) is 8.03. The Morgan fingerprint density at radius 3 is 2.72 bits per heavy atom. The zero-order valence-electron chi connectivity index (χ0n) is 20.6. The molecule has 2 aromatic heterocycles. The van der Waals surface area contributed by atoms with Gasteiger partial charge in [-0.25, -0.2) is 4.98 Å². The monoisotopic (exact) mass is 478 g/mol. The highest BCUT2D eigenvalue weighted by Gasteiger charge is 2.30. The van der Waals surface area contributed by atoms with E-state index in [9.17, 15) is 4.79 Å². The van der Waals surface area contributed by atoms with Crippen molar-refractivity contribution in [2.24, 2.45) is 0 Å². The molecular weight excluding hydrogens is 448 g/mol. The Bertz CT molecular complexity index is 1470. The molecule has 7 rings (SSSR count). The number of likely N-dealkylation sites (tertiary alicyclic amines) is 1. The molecule has 3 aliphatic heterocycles. The van der Waals surface area contributed by atoms with E-state index in [0.29, 0.717) is 5.92 Å². The third-order valence-corrected chi connectivity index (χ3v) is 8.03. The second kappa shape index (κ2) is 8.49. The lowest BCUT2D eigenvalue weighted by Gasteiger charge is -2.36. The summed E-state index contributed by atoms with van der Waals surface area (Å²) in [6.45, 7) is 4.56. The van der Waals surface area contributed by atoms with Crippen molar-refractivity contribution >= 4 is 16.9 Å². The second-order valence-electron chi connectivity index (χ2n) is 10.5. The fourth-order valence-electron chi connectivity index (χ4n) is 6.23. The molecule has 3 aliphatic rings. The van der Waals surface area contributed by atoms with Crippen LogP contribution in [0, 0.1) is 0 Å². The van der Waals surface area contributed by atoms with Crippen LogP contribution >= 0.6 is 0 Å². The molecule has 0 spiro atoms. The van der Waals surface area contributed by atoms with Gasteiger partial charge in [0, 0.05) is 72.1 Å². The van der Waals surface area contributed by atoms with Gasteiger partial charge in [-0.05, 0) is 73.3 Å². The molecule has 2 aromatic carbocycles. The summed E-state index contributed by atoms with van der Waals surface area (Å²) in [7, 11) is 2.20. The standard InChI is InChI=1S/C30H30N4O2/c1-33-17-21-8-11-36-27-14-22(12-24(18-33)28(21)27)23-13-25-26(16-32-29(25)31-15-23)19-4-6-20(7-5-19)30(35)34-9-2-3-10-34/h4-7,12-16,21H,2-3,8-11,17-18H2,1H3,(H,31,32). The molecule has 1 fully saturated rings. The number of carbonyl (C=O) groups is 1. The molecule has 1 atom stereocenters. The van der Waals surface area contributed by atoms with Gasteiger partial charge in [-0.2, -0.15) is 0 Å². The molecule has 1 N–H and O–H groups in total.